The second-order valence-corrected chi connectivity index (χ2v) is 6.42. The summed E-state index contributed by atoms with van der Waals surface area (Å²) in [5.74, 6) is -0.661. The number of anilines is 1. The molecule has 1 aliphatic heterocycles. The highest BCUT2D eigenvalue weighted by molar-refractivity contribution is 5.97. The van der Waals surface area contributed by atoms with Gasteiger partial charge in [-0.25, -0.2) is 4.79 Å². The molecule has 1 aliphatic rings. The molecule has 2 amide bonds. The van der Waals surface area contributed by atoms with Crippen LogP contribution in [0.3, 0.4) is 0 Å². The predicted octanol–water partition coefficient (Wildman–Crippen LogP) is 4.45. The molecule has 148 valence electrons. The minimum atomic E-state index is -4.59. The summed E-state index contributed by atoms with van der Waals surface area (Å²) in [6, 6.07) is 12.9. The number of likely N-dealkylation sites (tertiary alicyclic amines) is 1. The third-order valence-electron chi connectivity index (χ3n) is 4.49. The summed E-state index contributed by atoms with van der Waals surface area (Å²) in [6.07, 6.45) is -4.32. The third-order valence-corrected chi connectivity index (χ3v) is 4.49. The lowest BCUT2D eigenvalue weighted by molar-refractivity contribution is -0.137. The monoisotopic (exact) mass is 392 g/mol. The van der Waals surface area contributed by atoms with E-state index in [1.54, 1.807) is 12.1 Å². The van der Waals surface area contributed by atoms with Crippen molar-refractivity contribution in [1.82, 2.24) is 4.90 Å². The van der Waals surface area contributed by atoms with E-state index in [9.17, 15) is 22.8 Å². The van der Waals surface area contributed by atoms with Gasteiger partial charge in [0.2, 0.25) is 5.91 Å². The van der Waals surface area contributed by atoms with Crippen LogP contribution in [0.2, 0.25) is 0 Å². The van der Waals surface area contributed by atoms with Gasteiger partial charge in [0.1, 0.15) is 12.6 Å². The summed E-state index contributed by atoms with van der Waals surface area (Å²) in [5.41, 5.74) is -0.459. The van der Waals surface area contributed by atoms with Crippen molar-refractivity contribution in [1.29, 1.82) is 0 Å². The molecule has 0 spiro atoms. The van der Waals surface area contributed by atoms with Crippen LogP contribution >= 0.6 is 0 Å². The Balaban J connectivity index is 1.66. The molecule has 1 fully saturated rings. The van der Waals surface area contributed by atoms with Crippen LogP contribution in [0.25, 0.3) is 0 Å². The Kier molecular flexibility index (Phi) is 5.87. The molecular weight excluding hydrogens is 373 g/mol. The SMILES string of the molecule is O=C(Nc1ccccc1C(F)(F)F)C1CCCN1C(=O)OCc1ccccc1. The molecule has 0 saturated carbocycles. The number of benzene rings is 2. The van der Waals surface area contributed by atoms with Crippen molar-refractivity contribution >= 4 is 17.7 Å². The molecule has 1 unspecified atom stereocenters. The minimum absolute atomic E-state index is 0.0570. The van der Waals surface area contributed by atoms with Gasteiger partial charge in [0.05, 0.1) is 11.3 Å². The topological polar surface area (TPSA) is 58.6 Å². The van der Waals surface area contributed by atoms with Crippen LogP contribution in [0, 0.1) is 0 Å². The van der Waals surface area contributed by atoms with Gasteiger partial charge < -0.3 is 10.1 Å². The number of hydrogen-bond acceptors (Lipinski definition) is 3. The number of ether oxygens (including phenoxy) is 1. The van der Waals surface area contributed by atoms with E-state index in [4.69, 9.17) is 4.74 Å². The van der Waals surface area contributed by atoms with Gasteiger partial charge >= 0.3 is 12.3 Å². The standard InChI is InChI=1S/C20H19F3N2O3/c21-20(22,23)15-9-4-5-10-16(15)24-18(26)17-11-6-12-25(17)19(27)28-13-14-7-2-1-3-8-14/h1-5,7-10,17H,6,11-13H2,(H,24,26). The van der Waals surface area contributed by atoms with Crippen LogP contribution in [0.5, 0.6) is 0 Å². The van der Waals surface area contributed by atoms with Gasteiger partial charge in [-0.2, -0.15) is 13.2 Å². The predicted molar refractivity (Wildman–Crippen MR) is 96.4 cm³/mol. The molecule has 1 atom stereocenters. The summed E-state index contributed by atoms with van der Waals surface area (Å²) < 4.78 is 44.6. The number of para-hydroxylation sites is 1. The first-order chi connectivity index (χ1) is 13.4. The van der Waals surface area contributed by atoms with Gasteiger partial charge in [0.15, 0.2) is 0 Å². The fraction of sp³-hybridized carbons (Fsp3) is 0.300. The Hall–Kier alpha value is -3.03. The zero-order valence-electron chi connectivity index (χ0n) is 14.9. The molecule has 1 heterocycles. The Labute approximate surface area is 160 Å². The first-order valence-corrected chi connectivity index (χ1v) is 8.80. The molecule has 0 aliphatic carbocycles. The maximum absolute atomic E-state index is 13.1. The van der Waals surface area contributed by atoms with Gasteiger partial charge in [-0.1, -0.05) is 42.5 Å². The number of carbonyl (C=O) groups is 2. The smallest absolute Gasteiger partial charge is 0.418 e. The van der Waals surface area contributed by atoms with Crippen molar-refractivity contribution in [3.05, 3.63) is 65.7 Å². The van der Waals surface area contributed by atoms with E-state index in [0.29, 0.717) is 19.4 Å². The highest BCUT2D eigenvalue weighted by atomic mass is 19.4. The van der Waals surface area contributed by atoms with E-state index >= 15 is 0 Å². The molecule has 3 rings (SSSR count). The second-order valence-electron chi connectivity index (χ2n) is 6.42. The largest absolute Gasteiger partial charge is 0.445 e. The molecule has 0 radical (unpaired) electrons. The normalized spacial score (nSPS) is 16.7. The minimum Gasteiger partial charge on any atom is -0.445 e. The average Bonchev–Trinajstić information content (AvgIpc) is 3.16. The molecule has 28 heavy (non-hydrogen) atoms. The van der Waals surface area contributed by atoms with Crippen molar-refractivity contribution in [2.45, 2.75) is 31.7 Å². The van der Waals surface area contributed by atoms with Crippen LogP contribution < -0.4 is 5.32 Å². The zero-order chi connectivity index (χ0) is 20.1. The quantitative estimate of drug-likeness (QED) is 0.837. The van der Waals surface area contributed by atoms with Crippen LogP contribution in [0.1, 0.15) is 24.0 Å². The fourth-order valence-electron chi connectivity index (χ4n) is 3.12. The number of halogens is 3. The van der Waals surface area contributed by atoms with E-state index < -0.39 is 29.8 Å². The van der Waals surface area contributed by atoms with E-state index in [1.165, 1.54) is 23.1 Å². The Morgan fingerprint density at radius 2 is 1.75 bits per heavy atom. The highest BCUT2D eigenvalue weighted by Crippen LogP contribution is 2.35. The molecule has 1 saturated heterocycles. The highest BCUT2D eigenvalue weighted by Gasteiger charge is 2.37. The summed E-state index contributed by atoms with van der Waals surface area (Å²) in [6.45, 7) is 0.369. The van der Waals surface area contributed by atoms with E-state index in [0.717, 1.165) is 11.6 Å². The van der Waals surface area contributed by atoms with Gasteiger partial charge in [-0.05, 0) is 30.5 Å². The molecule has 2 aromatic carbocycles. The Morgan fingerprint density at radius 1 is 1.07 bits per heavy atom. The first kappa shape index (κ1) is 19.7. The maximum atomic E-state index is 13.1. The fourth-order valence-corrected chi connectivity index (χ4v) is 3.12. The van der Waals surface area contributed by atoms with Crippen molar-refractivity contribution < 1.29 is 27.5 Å². The van der Waals surface area contributed by atoms with Crippen molar-refractivity contribution in [2.75, 3.05) is 11.9 Å². The molecule has 1 N–H and O–H groups in total. The van der Waals surface area contributed by atoms with Crippen LogP contribution in [0.15, 0.2) is 54.6 Å². The number of carbonyl (C=O) groups excluding carboxylic acids is 2. The molecule has 5 nitrogen and oxygen atoms in total. The lowest BCUT2D eigenvalue weighted by Gasteiger charge is -2.24. The summed E-state index contributed by atoms with van der Waals surface area (Å²) >= 11 is 0. The van der Waals surface area contributed by atoms with E-state index in [-0.39, 0.29) is 12.3 Å². The number of amides is 2. The summed E-state index contributed by atoms with van der Waals surface area (Å²) in [4.78, 5) is 26.2. The van der Waals surface area contributed by atoms with Gasteiger partial charge in [-0.3, -0.25) is 9.69 Å². The van der Waals surface area contributed by atoms with Gasteiger partial charge in [0.25, 0.3) is 0 Å². The van der Waals surface area contributed by atoms with Crippen molar-refractivity contribution in [3.63, 3.8) is 0 Å². The molecule has 8 heteroatoms. The number of alkyl halides is 3. The molecule has 0 aromatic heterocycles. The van der Waals surface area contributed by atoms with Crippen LogP contribution in [0.4, 0.5) is 23.7 Å². The van der Waals surface area contributed by atoms with Crippen LogP contribution in [-0.2, 0) is 22.3 Å². The number of hydrogen-bond donors (Lipinski definition) is 1. The first-order valence-electron chi connectivity index (χ1n) is 8.80. The zero-order valence-corrected chi connectivity index (χ0v) is 14.9. The lowest BCUT2D eigenvalue weighted by Crippen LogP contribution is -2.43. The van der Waals surface area contributed by atoms with Crippen molar-refractivity contribution in [3.8, 4) is 0 Å². The maximum Gasteiger partial charge on any atom is 0.418 e. The summed E-state index contributed by atoms with van der Waals surface area (Å²) in [7, 11) is 0. The number of nitrogens with one attached hydrogen (secondary N) is 1. The average molecular weight is 392 g/mol. The number of rotatable bonds is 4. The Morgan fingerprint density at radius 3 is 2.46 bits per heavy atom. The summed E-state index contributed by atoms with van der Waals surface area (Å²) in [5, 5.41) is 2.31. The Bertz CT molecular complexity index is 840. The van der Waals surface area contributed by atoms with E-state index in [1.807, 2.05) is 18.2 Å². The molecule has 2 aromatic rings. The van der Waals surface area contributed by atoms with Crippen molar-refractivity contribution in [2.24, 2.45) is 0 Å². The van der Waals surface area contributed by atoms with Gasteiger partial charge in [-0.15, -0.1) is 0 Å². The van der Waals surface area contributed by atoms with Gasteiger partial charge in [0, 0.05) is 6.54 Å². The number of nitrogens with zero attached hydrogens (tertiary/aromatic N) is 1. The van der Waals surface area contributed by atoms with E-state index in [2.05, 4.69) is 5.32 Å². The van der Waals surface area contributed by atoms with Crippen LogP contribution in [-0.4, -0.2) is 29.5 Å². The second kappa shape index (κ2) is 8.33. The molecular formula is C20H19F3N2O3. The molecule has 0 bridgehead atoms. The lowest BCUT2D eigenvalue weighted by atomic mass is 10.1. The third kappa shape index (κ3) is 4.62.